The van der Waals surface area contributed by atoms with Crippen LogP contribution in [0.1, 0.15) is 39.0 Å². The van der Waals surface area contributed by atoms with Gasteiger partial charge in [0.25, 0.3) is 0 Å². The van der Waals surface area contributed by atoms with Crippen LogP contribution in [-0.4, -0.2) is 24.7 Å². The van der Waals surface area contributed by atoms with E-state index in [4.69, 9.17) is 5.48 Å². The highest BCUT2D eigenvalue weighted by Gasteiger charge is 2.31. The average molecular weight is 231 g/mol. The third-order valence-electron chi connectivity index (χ3n) is 3.16. The quantitative estimate of drug-likeness (QED) is 0.740. The molecule has 0 saturated carbocycles. The van der Waals surface area contributed by atoms with E-state index in [0.717, 1.165) is 0 Å². The molecule has 0 atom stereocenters. The molecule has 0 spiro atoms. The van der Waals surface area contributed by atoms with Crippen molar-refractivity contribution < 1.29 is 15.1 Å². The molecule has 1 N–H and O–H groups in total. The monoisotopic (exact) mass is 231 g/mol. The van der Waals surface area contributed by atoms with Gasteiger partial charge in [-0.15, -0.1) is 0 Å². The first kappa shape index (κ1) is 6.87. The molecule has 0 bridgehead atoms. The van der Waals surface area contributed by atoms with E-state index in [0.29, 0.717) is 37.1 Å². The molecule has 1 aliphatic heterocycles. The lowest BCUT2D eigenvalue weighted by molar-refractivity contribution is 0.0970. The molecule has 0 radical (unpaired) electrons. The Morgan fingerprint density at radius 2 is 1.41 bits per heavy atom. The molecule has 3 heteroatoms. The van der Waals surface area contributed by atoms with E-state index in [2.05, 4.69) is 5.32 Å². The Labute approximate surface area is 105 Å². The number of hydrogen-bond donors (Lipinski definition) is 1. The summed E-state index contributed by atoms with van der Waals surface area (Å²) in [5.41, 5.74) is 0.434. The van der Waals surface area contributed by atoms with Gasteiger partial charge in [-0.2, -0.15) is 0 Å². The second kappa shape index (κ2) is 3.93. The molecule has 1 aromatic rings. The van der Waals surface area contributed by atoms with Crippen LogP contribution in [0.4, 0.5) is 0 Å². The van der Waals surface area contributed by atoms with Gasteiger partial charge < -0.3 is 5.32 Å². The molecule has 0 aromatic heterocycles. The molecule has 86 valence electrons. The van der Waals surface area contributed by atoms with Gasteiger partial charge in [0.1, 0.15) is 0 Å². The van der Waals surface area contributed by atoms with Crippen LogP contribution in [-0.2, 0) is 0 Å². The van der Waals surface area contributed by atoms with Crippen molar-refractivity contribution in [2.45, 2.75) is 12.8 Å². The first-order chi connectivity index (χ1) is 9.95. The molecule has 0 fully saturated rings. The van der Waals surface area contributed by atoms with Crippen LogP contribution in [0.3, 0.4) is 0 Å². The fourth-order valence-corrected chi connectivity index (χ4v) is 2.31. The number of carbonyl (C=O) groups excluding carboxylic acids is 2. The number of rotatable bonds is 0. The van der Waals surface area contributed by atoms with Crippen LogP contribution < -0.4 is 5.32 Å². The lowest BCUT2D eigenvalue weighted by atomic mass is 9.82. The zero-order valence-corrected chi connectivity index (χ0v) is 9.14. The van der Waals surface area contributed by atoms with Gasteiger partial charge in [-0.25, -0.2) is 0 Å². The first-order valence-electron chi connectivity index (χ1n) is 7.57. The Hall–Kier alpha value is -1.74. The largest absolute Gasteiger partial charge is 0.316 e. The van der Waals surface area contributed by atoms with E-state index in [9.17, 15) is 9.59 Å². The predicted molar refractivity (Wildman–Crippen MR) is 64.2 cm³/mol. The Kier molecular flexibility index (Phi) is 1.59. The standard InChI is InChI=1S/C14H13NO2/c16-13-9-3-1-2-4-10(9)14(17)12-6-8-15-7-5-11(12)13/h1-4,15H,5-8H2/i1D,2D,3D,4D. The van der Waals surface area contributed by atoms with Crippen molar-refractivity contribution in [3.8, 4) is 0 Å². The van der Waals surface area contributed by atoms with Crippen molar-refractivity contribution in [2.24, 2.45) is 0 Å². The zero-order valence-electron chi connectivity index (χ0n) is 13.1. The minimum absolute atomic E-state index is 0.174. The van der Waals surface area contributed by atoms with Gasteiger partial charge in [-0.1, -0.05) is 24.2 Å². The van der Waals surface area contributed by atoms with Crippen LogP contribution in [0.15, 0.2) is 35.3 Å². The summed E-state index contributed by atoms with van der Waals surface area (Å²) >= 11 is 0. The number of carbonyl (C=O) groups is 2. The molecule has 0 saturated heterocycles. The third-order valence-corrected chi connectivity index (χ3v) is 3.16. The molecular weight excluding hydrogens is 214 g/mol. The summed E-state index contributed by atoms with van der Waals surface area (Å²) in [6.45, 7) is 1.16. The molecule has 1 aliphatic carbocycles. The molecule has 0 amide bonds. The lowest BCUT2D eigenvalue weighted by Crippen LogP contribution is -2.22. The lowest BCUT2D eigenvalue weighted by Gasteiger charge is -2.18. The normalized spacial score (nSPS) is 23.1. The van der Waals surface area contributed by atoms with Gasteiger partial charge in [0.15, 0.2) is 11.6 Å². The fourth-order valence-electron chi connectivity index (χ4n) is 2.31. The molecule has 2 aliphatic rings. The summed E-state index contributed by atoms with van der Waals surface area (Å²) in [6.07, 6.45) is 0.810. The summed E-state index contributed by atoms with van der Waals surface area (Å²) in [7, 11) is 0. The van der Waals surface area contributed by atoms with Gasteiger partial charge >= 0.3 is 0 Å². The highest BCUT2D eigenvalue weighted by atomic mass is 16.1. The van der Waals surface area contributed by atoms with Gasteiger partial charge in [0.2, 0.25) is 0 Å². The first-order valence-corrected chi connectivity index (χ1v) is 5.57. The second-order valence-electron chi connectivity index (χ2n) is 4.12. The van der Waals surface area contributed by atoms with E-state index in [-0.39, 0.29) is 11.1 Å². The highest BCUT2D eigenvalue weighted by Crippen LogP contribution is 2.30. The maximum atomic E-state index is 12.6. The molecule has 3 rings (SSSR count). The topological polar surface area (TPSA) is 46.2 Å². The zero-order chi connectivity index (χ0) is 15.3. The number of ketones is 2. The molecular formula is C14H13NO2. The predicted octanol–water partition coefficient (Wildman–Crippen LogP) is 1.75. The Balaban J connectivity index is 2.32. The van der Waals surface area contributed by atoms with Crippen LogP contribution in [0.2, 0.25) is 0 Å². The van der Waals surface area contributed by atoms with Crippen molar-refractivity contribution >= 4 is 11.6 Å². The van der Waals surface area contributed by atoms with Crippen molar-refractivity contribution in [3.63, 3.8) is 0 Å². The number of nitrogens with one attached hydrogen (secondary N) is 1. The molecule has 1 heterocycles. The van der Waals surface area contributed by atoms with Crippen LogP contribution in [0, 0.1) is 0 Å². The fraction of sp³-hybridized carbons (Fsp3) is 0.286. The van der Waals surface area contributed by atoms with Gasteiger partial charge in [-0.3, -0.25) is 9.59 Å². The molecule has 17 heavy (non-hydrogen) atoms. The SMILES string of the molecule is [2H]c1c([2H])c([2H])c2c(c1[2H])C(=O)C1=C(CCNCC1)C2=O. The van der Waals surface area contributed by atoms with E-state index in [1.165, 1.54) is 0 Å². The summed E-state index contributed by atoms with van der Waals surface area (Å²) < 4.78 is 31.1. The van der Waals surface area contributed by atoms with Crippen LogP contribution in [0.25, 0.3) is 0 Å². The van der Waals surface area contributed by atoms with E-state index >= 15 is 0 Å². The summed E-state index contributed by atoms with van der Waals surface area (Å²) in [5, 5.41) is 3.11. The summed E-state index contributed by atoms with van der Waals surface area (Å²) in [5.74, 6) is -0.870. The van der Waals surface area contributed by atoms with E-state index in [1.54, 1.807) is 0 Å². The maximum absolute atomic E-state index is 12.6. The Bertz CT molecular complexity index is 665. The van der Waals surface area contributed by atoms with Crippen molar-refractivity contribution in [1.29, 1.82) is 0 Å². The van der Waals surface area contributed by atoms with Gasteiger partial charge in [-0.05, 0) is 25.9 Å². The number of benzene rings is 1. The van der Waals surface area contributed by atoms with Crippen LogP contribution in [0.5, 0.6) is 0 Å². The minimum Gasteiger partial charge on any atom is -0.316 e. The Morgan fingerprint density at radius 3 is 1.88 bits per heavy atom. The summed E-state index contributed by atoms with van der Waals surface area (Å²) in [6, 6.07) is -1.80. The maximum Gasteiger partial charge on any atom is 0.190 e. The van der Waals surface area contributed by atoms with E-state index < -0.39 is 35.7 Å². The summed E-state index contributed by atoms with van der Waals surface area (Å²) in [4.78, 5) is 25.2. The van der Waals surface area contributed by atoms with E-state index in [1.807, 2.05) is 0 Å². The number of fused-ring (bicyclic) bond motifs is 1. The molecule has 0 unspecified atom stereocenters. The van der Waals surface area contributed by atoms with Crippen molar-refractivity contribution in [3.05, 3.63) is 46.4 Å². The third kappa shape index (κ3) is 1.54. The number of Topliss-reactive ketones (excluding diaryl/α,β-unsaturated/α-hetero) is 2. The van der Waals surface area contributed by atoms with Crippen molar-refractivity contribution in [2.75, 3.05) is 13.1 Å². The Morgan fingerprint density at radius 1 is 0.941 bits per heavy atom. The smallest absolute Gasteiger partial charge is 0.190 e. The second-order valence-corrected chi connectivity index (χ2v) is 4.12. The van der Waals surface area contributed by atoms with Gasteiger partial charge in [0, 0.05) is 22.3 Å². The number of hydrogen-bond acceptors (Lipinski definition) is 3. The highest BCUT2D eigenvalue weighted by molar-refractivity contribution is 6.26. The molecule has 1 aromatic carbocycles. The minimum atomic E-state index is -0.476. The van der Waals surface area contributed by atoms with Crippen LogP contribution >= 0.6 is 0 Å². The molecule has 3 nitrogen and oxygen atoms in total. The van der Waals surface area contributed by atoms with Gasteiger partial charge in [0.05, 0.1) is 5.48 Å². The average Bonchev–Trinajstić information content (AvgIpc) is 2.72. The van der Waals surface area contributed by atoms with Crippen molar-refractivity contribution in [1.82, 2.24) is 5.32 Å².